The van der Waals surface area contributed by atoms with Crippen molar-refractivity contribution < 1.29 is 4.21 Å². The van der Waals surface area contributed by atoms with Gasteiger partial charge in [0.2, 0.25) is 0 Å². The lowest BCUT2D eigenvalue weighted by Gasteiger charge is -2.02. The zero-order valence-corrected chi connectivity index (χ0v) is 12.8. The van der Waals surface area contributed by atoms with E-state index in [1.54, 1.807) is 0 Å². The van der Waals surface area contributed by atoms with E-state index < -0.39 is 10.8 Å². The average Bonchev–Trinajstić information content (AvgIpc) is 2.86. The number of hydrogen-bond donors (Lipinski definition) is 0. The number of hydrogen-bond acceptors (Lipinski definition) is 4. The first-order valence-corrected chi connectivity index (χ1v) is 8.68. The fourth-order valence-corrected chi connectivity index (χ4v) is 4.07. The lowest BCUT2D eigenvalue weighted by atomic mass is 10.2. The molecule has 0 amide bonds. The van der Waals surface area contributed by atoms with E-state index in [9.17, 15) is 4.21 Å². The molecule has 1 atom stereocenters. The van der Waals surface area contributed by atoms with Gasteiger partial charge in [0.25, 0.3) is 0 Å². The molecule has 0 saturated carbocycles. The molecular formula is C14H18N2OS2. The normalized spacial score (nSPS) is 12.8. The highest BCUT2D eigenvalue weighted by Crippen LogP contribution is 2.23. The molecule has 0 N–H and O–H groups in total. The van der Waals surface area contributed by atoms with Gasteiger partial charge in [-0.15, -0.1) is 10.2 Å². The summed E-state index contributed by atoms with van der Waals surface area (Å²) in [5, 5.41) is 10.1. The number of nitrogens with zero attached hydrogens (tertiary/aromatic N) is 2. The van der Waals surface area contributed by atoms with Gasteiger partial charge in [-0.2, -0.15) is 0 Å². The molecule has 0 radical (unpaired) electrons. The molecule has 1 aromatic carbocycles. The Bertz CT molecular complexity index is 537. The summed E-state index contributed by atoms with van der Waals surface area (Å²) in [4.78, 5) is 0. The molecular weight excluding hydrogens is 276 g/mol. The van der Waals surface area contributed by atoms with Crippen molar-refractivity contribution in [1.82, 2.24) is 10.2 Å². The molecule has 0 fully saturated rings. The zero-order chi connectivity index (χ0) is 13.7. The van der Waals surface area contributed by atoms with Crippen molar-refractivity contribution in [2.75, 3.05) is 5.75 Å². The second-order valence-corrected chi connectivity index (χ2v) is 7.48. The van der Waals surface area contributed by atoms with Crippen LogP contribution in [0.5, 0.6) is 0 Å². The van der Waals surface area contributed by atoms with Crippen LogP contribution in [0, 0.1) is 5.92 Å². The van der Waals surface area contributed by atoms with E-state index >= 15 is 0 Å². The van der Waals surface area contributed by atoms with Gasteiger partial charge in [-0.1, -0.05) is 55.5 Å². The fourth-order valence-electron chi connectivity index (χ4n) is 1.59. The maximum Gasteiger partial charge on any atom is 0.147 e. The van der Waals surface area contributed by atoms with Crippen molar-refractivity contribution in [2.24, 2.45) is 5.92 Å². The quantitative estimate of drug-likeness (QED) is 0.819. The molecule has 2 aromatic rings. The maximum absolute atomic E-state index is 11.9. The molecule has 0 spiro atoms. The van der Waals surface area contributed by atoms with E-state index in [1.165, 1.54) is 11.3 Å². The van der Waals surface area contributed by atoms with Crippen LogP contribution in [0.3, 0.4) is 0 Å². The van der Waals surface area contributed by atoms with Crippen molar-refractivity contribution >= 4 is 22.1 Å². The van der Waals surface area contributed by atoms with E-state index in [-0.39, 0.29) is 0 Å². The summed E-state index contributed by atoms with van der Waals surface area (Å²) < 4.78 is 11.9. The van der Waals surface area contributed by atoms with E-state index in [0.717, 1.165) is 27.8 Å². The van der Waals surface area contributed by atoms with E-state index in [0.29, 0.717) is 11.7 Å². The second-order valence-electron chi connectivity index (χ2n) is 4.84. The third-order valence-electron chi connectivity index (χ3n) is 2.69. The standard InChI is InChI=1S/C14H18N2OS2/c1-11(2)8-9-19(17)10-13-15-16-14(18-13)12-6-4-3-5-7-12/h3-7,11H,8-10H2,1-2H3. The van der Waals surface area contributed by atoms with Gasteiger partial charge in [-0.05, 0) is 12.3 Å². The Kier molecular flexibility index (Phi) is 5.22. The van der Waals surface area contributed by atoms with Crippen LogP contribution >= 0.6 is 11.3 Å². The molecule has 0 aliphatic rings. The van der Waals surface area contributed by atoms with Crippen LogP contribution < -0.4 is 0 Å². The zero-order valence-electron chi connectivity index (χ0n) is 11.2. The first-order valence-electron chi connectivity index (χ1n) is 6.38. The minimum Gasteiger partial charge on any atom is -0.259 e. The Balaban J connectivity index is 1.96. The van der Waals surface area contributed by atoms with Gasteiger partial charge < -0.3 is 0 Å². The molecule has 0 aliphatic heterocycles. The molecule has 3 nitrogen and oxygen atoms in total. The SMILES string of the molecule is CC(C)CCS(=O)Cc1nnc(-c2ccccc2)s1. The Morgan fingerprint density at radius 3 is 2.63 bits per heavy atom. The summed E-state index contributed by atoms with van der Waals surface area (Å²) in [6.07, 6.45) is 0.997. The molecule has 0 aliphatic carbocycles. The van der Waals surface area contributed by atoms with Crippen molar-refractivity contribution in [1.29, 1.82) is 0 Å². The summed E-state index contributed by atoms with van der Waals surface area (Å²) in [6.45, 7) is 4.30. The summed E-state index contributed by atoms with van der Waals surface area (Å²) in [7, 11) is -0.827. The van der Waals surface area contributed by atoms with Crippen LogP contribution in [0.2, 0.25) is 0 Å². The summed E-state index contributed by atoms with van der Waals surface area (Å²) >= 11 is 1.53. The highest BCUT2D eigenvalue weighted by molar-refractivity contribution is 7.84. The number of aromatic nitrogens is 2. The molecule has 0 saturated heterocycles. The Morgan fingerprint density at radius 2 is 1.95 bits per heavy atom. The van der Waals surface area contributed by atoms with Crippen molar-refractivity contribution in [3.63, 3.8) is 0 Å². The van der Waals surface area contributed by atoms with Crippen molar-refractivity contribution in [2.45, 2.75) is 26.0 Å². The molecule has 1 heterocycles. The van der Waals surface area contributed by atoms with E-state index in [4.69, 9.17) is 0 Å². The van der Waals surface area contributed by atoms with Crippen LogP contribution in [-0.4, -0.2) is 20.2 Å². The lowest BCUT2D eigenvalue weighted by Crippen LogP contribution is -2.03. The summed E-state index contributed by atoms with van der Waals surface area (Å²) in [5.74, 6) is 1.87. The summed E-state index contributed by atoms with van der Waals surface area (Å²) in [5.41, 5.74) is 1.07. The largest absolute Gasteiger partial charge is 0.259 e. The fraction of sp³-hybridized carbons (Fsp3) is 0.429. The molecule has 1 unspecified atom stereocenters. The van der Waals surface area contributed by atoms with E-state index in [2.05, 4.69) is 24.0 Å². The van der Waals surface area contributed by atoms with Gasteiger partial charge in [0.15, 0.2) is 0 Å². The van der Waals surface area contributed by atoms with Gasteiger partial charge in [-0.3, -0.25) is 4.21 Å². The van der Waals surface area contributed by atoms with Gasteiger partial charge in [0.05, 0.1) is 5.75 Å². The van der Waals surface area contributed by atoms with Crippen LogP contribution in [0.1, 0.15) is 25.3 Å². The van der Waals surface area contributed by atoms with Crippen molar-refractivity contribution in [3.05, 3.63) is 35.3 Å². The van der Waals surface area contributed by atoms with Crippen LogP contribution in [-0.2, 0) is 16.6 Å². The van der Waals surface area contributed by atoms with Gasteiger partial charge in [0, 0.05) is 22.1 Å². The molecule has 2 rings (SSSR count). The van der Waals surface area contributed by atoms with Gasteiger partial charge >= 0.3 is 0 Å². The van der Waals surface area contributed by atoms with Crippen LogP contribution in [0.15, 0.2) is 30.3 Å². The second kappa shape index (κ2) is 6.91. The predicted octanol–water partition coefficient (Wildman–Crippen LogP) is 3.50. The first-order chi connectivity index (χ1) is 9.15. The highest BCUT2D eigenvalue weighted by atomic mass is 32.2. The van der Waals surface area contributed by atoms with E-state index in [1.807, 2.05) is 30.3 Å². The third-order valence-corrected chi connectivity index (χ3v) is 5.14. The average molecular weight is 294 g/mol. The van der Waals surface area contributed by atoms with Crippen LogP contribution in [0.25, 0.3) is 10.6 Å². The molecule has 102 valence electrons. The molecule has 0 bridgehead atoms. The highest BCUT2D eigenvalue weighted by Gasteiger charge is 2.10. The summed E-state index contributed by atoms with van der Waals surface area (Å²) in [6, 6.07) is 9.97. The van der Waals surface area contributed by atoms with Crippen molar-refractivity contribution in [3.8, 4) is 10.6 Å². The minimum absolute atomic E-state index is 0.525. The van der Waals surface area contributed by atoms with Gasteiger partial charge in [0.1, 0.15) is 10.0 Å². The predicted molar refractivity (Wildman–Crippen MR) is 81.5 cm³/mol. The monoisotopic (exact) mass is 294 g/mol. The maximum atomic E-state index is 11.9. The first kappa shape index (κ1) is 14.3. The smallest absolute Gasteiger partial charge is 0.147 e. The lowest BCUT2D eigenvalue weighted by molar-refractivity contribution is 0.619. The molecule has 1 aromatic heterocycles. The van der Waals surface area contributed by atoms with Crippen LogP contribution in [0.4, 0.5) is 0 Å². The third kappa shape index (κ3) is 4.51. The Hall–Kier alpha value is -1.07. The molecule has 19 heavy (non-hydrogen) atoms. The van der Waals surface area contributed by atoms with Gasteiger partial charge in [-0.25, -0.2) is 0 Å². The number of rotatable bonds is 6. The number of benzene rings is 1. The minimum atomic E-state index is -0.827. The Morgan fingerprint density at radius 1 is 1.21 bits per heavy atom. The molecule has 5 heteroatoms. The topological polar surface area (TPSA) is 42.9 Å². The Labute approximate surface area is 120 Å².